The van der Waals surface area contributed by atoms with Crippen molar-refractivity contribution >= 4 is 11.6 Å². The molecule has 1 aromatic rings. The van der Waals surface area contributed by atoms with Crippen molar-refractivity contribution in [3.63, 3.8) is 0 Å². The average molecular weight is 260 g/mol. The zero-order chi connectivity index (χ0) is 13.7. The van der Waals surface area contributed by atoms with Gasteiger partial charge in [0.1, 0.15) is 0 Å². The van der Waals surface area contributed by atoms with Crippen LogP contribution in [0.3, 0.4) is 0 Å². The molecule has 0 spiro atoms. The van der Waals surface area contributed by atoms with E-state index in [9.17, 15) is 4.79 Å². The van der Waals surface area contributed by atoms with Gasteiger partial charge in [-0.05, 0) is 30.9 Å². The molecule has 0 aromatic heterocycles. The topological polar surface area (TPSA) is 55.1 Å². The first-order valence-corrected chi connectivity index (χ1v) is 7.29. The van der Waals surface area contributed by atoms with E-state index in [1.807, 2.05) is 31.2 Å². The van der Waals surface area contributed by atoms with Gasteiger partial charge in [0, 0.05) is 5.69 Å². The van der Waals surface area contributed by atoms with Crippen LogP contribution in [0.4, 0.5) is 5.69 Å². The molecular formula is C16H24N2O. The summed E-state index contributed by atoms with van der Waals surface area (Å²) in [6.45, 7) is 1.99. The fraction of sp³-hybridized carbons (Fsp3) is 0.562. The number of aryl methyl sites for hydroxylation is 1. The second-order valence-electron chi connectivity index (χ2n) is 5.65. The molecule has 3 nitrogen and oxygen atoms in total. The van der Waals surface area contributed by atoms with Crippen molar-refractivity contribution in [3.05, 3.63) is 29.8 Å². The highest BCUT2D eigenvalue weighted by atomic mass is 16.2. The Hall–Kier alpha value is -1.35. The lowest BCUT2D eigenvalue weighted by Crippen LogP contribution is -2.37. The van der Waals surface area contributed by atoms with Crippen LogP contribution in [-0.2, 0) is 4.79 Å². The molecule has 1 fully saturated rings. The number of benzene rings is 1. The van der Waals surface area contributed by atoms with Crippen molar-refractivity contribution in [1.29, 1.82) is 0 Å². The molecule has 1 atom stereocenters. The third-order valence-corrected chi connectivity index (χ3v) is 4.05. The largest absolute Gasteiger partial charge is 0.324 e. The SMILES string of the molecule is Cc1ccccc1NC(=O)C(N)CC1CCCCC1. The number of carbonyl (C=O) groups excluding carboxylic acids is 1. The number of rotatable bonds is 4. The van der Waals surface area contributed by atoms with Gasteiger partial charge in [-0.3, -0.25) is 4.79 Å². The molecule has 1 amide bonds. The Morgan fingerprint density at radius 3 is 2.68 bits per heavy atom. The highest BCUT2D eigenvalue weighted by molar-refractivity contribution is 5.95. The quantitative estimate of drug-likeness (QED) is 0.873. The molecule has 104 valence electrons. The number of anilines is 1. The van der Waals surface area contributed by atoms with Gasteiger partial charge in [-0.15, -0.1) is 0 Å². The number of nitrogens with two attached hydrogens (primary N) is 1. The zero-order valence-corrected chi connectivity index (χ0v) is 11.7. The summed E-state index contributed by atoms with van der Waals surface area (Å²) in [5.74, 6) is 0.575. The normalized spacial score (nSPS) is 18.0. The maximum atomic E-state index is 12.1. The third-order valence-electron chi connectivity index (χ3n) is 4.05. The molecule has 1 aliphatic carbocycles. The first-order valence-electron chi connectivity index (χ1n) is 7.29. The molecule has 0 radical (unpaired) electrons. The van der Waals surface area contributed by atoms with Gasteiger partial charge >= 0.3 is 0 Å². The summed E-state index contributed by atoms with van der Waals surface area (Å²) in [6.07, 6.45) is 7.18. The molecule has 1 aromatic carbocycles. The summed E-state index contributed by atoms with van der Waals surface area (Å²) in [7, 11) is 0. The Morgan fingerprint density at radius 2 is 2.00 bits per heavy atom. The minimum atomic E-state index is -0.386. The summed E-state index contributed by atoms with van der Waals surface area (Å²) >= 11 is 0. The van der Waals surface area contributed by atoms with Crippen molar-refractivity contribution in [2.24, 2.45) is 11.7 Å². The van der Waals surface area contributed by atoms with E-state index in [0.29, 0.717) is 5.92 Å². The molecule has 0 aliphatic heterocycles. The van der Waals surface area contributed by atoms with Crippen LogP contribution in [0.2, 0.25) is 0 Å². The van der Waals surface area contributed by atoms with Crippen LogP contribution in [-0.4, -0.2) is 11.9 Å². The van der Waals surface area contributed by atoms with Gasteiger partial charge < -0.3 is 11.1 Å². The van der Waals surface area contributed by atoms with Crippen molar-refractivity contribution in [2.45, 2.75) is 51.5 Å². The van der Waals surface area contributed by atoms with Gasteiger partial charge in [0.25, 0.3) is 0 Å². The lowest BCUT2D eigenvalue weighted by Gasteiger charge is -2.24. The van der Waals surface area contributed by atoms with E-state index in [0.717, 1.165) is 17.7 Å². The Labute approximate surface area is 115 Å². The lowest BCUT2D eigenvalue weighted by molar-refractivity contribution is -0.117. The van der Waals surface area contributed by atoms with E-state index < -0.39 is 0 Å². The lowest BCUT2D eigenvalue weighted by atomic mass is 9.85. The minimum Gasteiger partial charge on any atom is -0.324 e. The van der Waals surface area contributed by atoms with Crippen molar-refractivity contribution in [3.8, 4) is 0 Å². The van der Waals surface area contributed by atoms with Gasteiger partial charge in [-0.1, -0.05) is 50.3 Å². The summed E-state index contributed by atoms with van der Waals surface area (Å²) in [5, 5.41) is 2.94. The van der Waals surface area contributed by atoms with Crippen LogP contribution in [0.1, 0.15) is 44.1 Å². The van der Waals surface area contributed by atoms with Crippen LogP contribution in [0.5, 0.6) is 0 Å². The molecule has 3 heteroatoms. The third kappa shape index (κ3) is 4.06. The average Bonchev–Trinajstić information content (AvgIpc) is 2.42. The van der Waals surface area contributed by atoms with Crippen molar-refractivity contribution in [2.75, 3.05) is 5.32 Å². The van der Waals surface area contributed by atoms with Gasteiger partial charge in [-0.25, -0.2) is 0 Å². The zero-order valence-electron chi connectivity index (χ0n) is 11.7. The highest BCUT2D eigenvalue weighted by Gasteiger charge is 2.21. The summed E-state index contributed by atoms with van der Waals surface area (Å²) in [4.78, 5) is 12.1. The molecule has 1 aliphatic rings. The monoisotopic (exact) mass is 260 g/mol. The predicted octanol–water partition coefficient (Wildman–Crippen LogP) is 3.23. The minimum absolute atomic E-state index is 0.0557. The second kappa shape index (κ2) is 6.71. The smallest absolute Gasteiger partial charge is 0.241 e. The van der Waals surface area contributed by atoms with Crippen molar-refractivity contribution < 1.29 is 4.79 Å². The Morgan fingerprint density at radius 1 is 1.32 bits per heavy atom. The fourth-order valence-electron chi connectivity index (χ4n) is 2.83. The molecular weight excluding hydrogens is 236 g/mol. The van der Waals surface area contributed by atoms with Crippen molar-refractivity contribution in [1.82, 2.24) is 0 Å². The van der Waals surface area contributed by atoms with Crippen LogP contribution in [0, 0.1) is 12.8 Å². The van der Waals surface area contributed by atoms with E-state index in [1.54, 1.807) is 0 Å². The van der Waals surface area contributed by atoms with E-state index >= 15 is 0 Å². The van der Waals surface area contributed by atoms with Gasteiger partial charge in [0.15, 0.2) is 0 Å². The van der Waals surface area contributed by atoms with Crippen LogP contribution < -0.4 is 11.1 Å². The highest BCUT2D eigenvalue weighted by Crippen LogP contribution is 2.27. The maximum Gasteiger partial charge on any atom is 0.241 e. The number of hydrogen-bond acceptors (Lipinski definition) is 2. The fourth-order valence-corrected chi connectivity index (χ4v) is 2.83. The standard InChI is InChI=1S/C16H24N2O/c1-12-7-5-6-10-15(12)18-16(19)14(17)11-13-8-3-2-4-9-13/h5-7,10,13-14H,2-4,8-9,11,17H2,1H3,(H,18,19). The molecule has 1 unspecified atom stereocenters. The summed E-state index contributed by atoms with van der Waals surface area (Å²) in [6, 6.07) is 7.41. The molecule has 1 saturated carbocycles. The number of carbonyl (C=O) groups is 1. The number of para-hydroxylation sites is 1. The first-order chi connectivity index (χ1) is 9.16. The Balaban J connectivity index is 1.87. The van der Waals surface area contributed by atoms with Crippen LogP contribution >= 0.6 is 0 Å². The van der Waals surface area contributed by atoms with Gasteiger partial charge in [-0.2, -0.15) is 0 Å². The number of nitrogens with one attached hydrogen (secondary N) is 1. The molecule has 0 saturated heterocycles. The van der Waals surface area contributed by atoms with Gasteiger partial charge in [0.05, 0.1) is 6.04 Å². The van der Waals surface area contributed by atoms with E-state index in [2.05, 4.69) is 5.32 Å². The van der Waals surface area contributed by atoms with E-state index in [1.165, 1.54) is 32.1 Å². The number of hydrogen-bond donors (Lipinski definition) is 2. The molecule has 2 rings (SSSR count). The molecule has 0 heterocycles. The Kier molecular flexibility index (Phi) is 4.97. The van der Waals surface area contributed by atoms with E-state index in [4.69, 9.17) is 5.73 Å². The van der Waals surface area contributed by atoms with Crippen LogP contribution in [0.25, 0.3) is 0 Å². The Bertz CT molecular complexity index is 425. The predicted molar refractivity (Wildman–Crippen MR) is 79.0 cm³/mol. The first kappa shape index (κ1) is 14.1. The summed E-state index contributed by atoms with van der Waals surface area (Å²) < 4.78 is 0. The molecule has 3 N–H and O–H groups in total. The second-order valence-corrected chi connectivity index (χ2v) is 5.65. The maximum absolute atomic E-state index is 12.1. The molecule has 19 heavy (non-hydrogen) atoms. The van der Waals surface area contributed by atoms with Gasteiger partial charge in [0.2, 0.25) is 5.91 Å². The summed E-state index contributed by atoms with van der Waals surface area (Å²) in [5.41, 5.74) is 7.97. The molecule has 0 bridgehead atoms. The number of amides is 1. The van der Waals surface area contributed by atoms with Crippen LogP contribution in [0.15, 0.2) is 24.3 Å². The van der Waals surface area contributed by atoms with E-state index in [-0.39, 0.29) is 11.9 Å².